The molecule has 3 unspecified atom stereocenters. The van der Waals surface area contributed by atoms with Crippen molar-refractivity contribution in [3.05, 3.63) is 12.7 Å². The Balaban J connectivity index is 4.14. The lowest BCUT2D eigenvalue weighted by molar-refractivity contribution is 0.291. The zero-order chi connectivity index (χ0) is 11.1. The van der Waals surface area contributed by atoms with Crippen molar-refractivity contribution >= 4 is 0 Å². The van der Waals surface area contributed by atoms with E-state index in [-0.39, 0.29) is 0 Å². The molecular formula is C13H27N. The van der Waals surface area contributed by atoms with Crippen LogP contribution in [0.4, 0.5) is 0 Å². The van der Waals surface area contributed by atoms with Gasteiger partial charge in [0, 0.05) is 6.04 Å². The fourth-order valence-corrected chi connectivity index (χ4v) is 1.95. The van der Waals surface area contributed by atoms with Gasteiger partial charge < -0.3 is 5.32 Å². The Bertz CT molecular complexity index is 151. The number of rotatable bonds is 7. The largest absolute Gasteiger partial charge is 0.314 e. The van der Waals surface area contributed by atoms with Crippen LogP contribution in [0.3, 0.4) is 0 Å². The van der Waals surface area contributed by atoms with E-state index in [0.29, 0.717) is 17.9 Å². The molecule has 0 fully saturated rings. The first-order valence-corrected chi connectivity index (χ1v) is 5.88. The molecule has 1 heteroatoms. The highest BCUT2D eigenvalue weighted by Crippen LogP contribution is 2.23. The van der Waals surface area contributed by atoms with E-state index in [1.165, 1.54) is 6.42 Å². The highest BCUT2D eigenvalue weighted by molar-refractivity contribution is 4.87. The molecule has 0 aromatic heterocycles. The van der Waals surface area contributed by atoms with Crippen LogP contribution < -0.4 is 5.32 Å². The normalized spacial score (nSPS) is 17.9. The molecule has 0 aliphatic carbocycles. The summed E-state index contributed by atoms with van der Waals surface area (Å²) in [5, 5.41) is 3.49. The number of hydrogen-bond donors (Lipinski definition) is 1. The van der Waals surface area contributed by atoms with Crippen LogP contribution in [0.2, 0.25) is 0 Å². The maximum Gasteiger partial charge on any atom is 0.00698 e. The van der Waals surface area contributed by atoms with Gasteiger partial charge in [-0.05, 0) is 37.6 Å². The average Bonchev–Trinajstić information content (AvgIpc) is 2.13. The smallest absolute Gasteiger partial charge is 0.00698 e. The molecule has 3 atom stereocenters. The summed E-state index contributed by atoms with van der Waals surface area (Å²) in [6.07, 6.45) is 3.37. The SMILES string of the molecule is C=CC(CC(C)C)C(C)C(C)NCC. The summed E-state index contributed by atoms with van der Waals surface area (Å²) in [6, 6.07) is 0.585. The summed E-state index contributed by atoms with van der Waals surface area (Å²) < 4.78 is 0. The zero-order valence-electron chi connectivity index (χ0n) is 10.5. The minimum atomic E-state index is 0.585. The monoisotopic (exact) mass is 197 g/mol. The third kappa shape index (κ3) is 4.80. The van der Waals surface area contributed by atoms with Crippen LogP contribution >= 0.6 is 0 Å². The number of hydrogen-bond acceptors (Lipinski definition) is 1. The van der Waals surface area contributed by atoms with Crippen LogP contribution in [0.15, 0.2) is 12.7 Å². The maximum absolute atomic E-state index is 3.95. The molecule has 0 saturated heterocycles. The minimum Gasteiger partial charge on any atom is -0.314 e. The molecule has 0 rings (SSSR count). The highest BCUT2D eigenvalue weighted by Gasteiger charge is 2.20. The van der Waals surface area contributed by atoms with Gasteiger partial charge in [-0.1, -0.05) is 33.8 Å². The second kappa shape index (κ2) is 7.05. The van der Waals surface area contributed by atoms with E-state index in [9.17, 15) is 0 Å². The Morgan fingerprint density at radius 2 is 1.79 bits per heavy atom. The Labute approximate surface area is 90.0 Å². The first-order chi connectivity index (χ1) is 6.52. The van der Waals surface area contributed by atoms with Crippen LogP contribution in [0.1, 0.15) is 41.0 Å². The van der Waals surface area contributed by atoms with Gasteiger partial charge in [-0.25, -0.2) is 0 Å². The predicted octanol–water partition coefficient (Wildman–Crippen LogP) is 3.47. The number of nitrogens with one attached hydrogen (secondary N) is 1. The van der Waals surface area contributed by atoms with E-state index in [4.69, 9.17) is 0 Å². The van der Waals surface area contributed by atoms with Gasteiger partial charge in [0.25, 0.3) is 0 Å². The molecule has 0 saturated carbocycles. The third-order valence-corrected chi connectivity index (χ3v) is 3.04. The Kier molecular flexibility index (Phi) is 6.90. The van der Waals surface area contributed by atoms with E-state index in [0.717, 1.165) is 12.5 Å². The van der Waals surface area contributed by atoms with E-state index in [1.54, 1.807) is 0 Å². The van der Waals surface area contributed by atoms with Gasteiger partial charge in [-0.2, -0.15) is 0 Å². The first kappa shape index (κ1) is 13.7. The van der Waals surface area contributed by atoms with Crippen molar-refractivity contribution < 1.29 is 0 Å². The molecule has 0 aliphatic rings. The topological polar surface area (TPSA) is 12.0 Å². The fraction of sp³-hybridized carbons (Fsp3) is 0.846. The average molecular weight is 197 g/mol. The lowest BCUT2D eigenvalue weighted by atomic mass is 9.83. The maximum atomic E-state index is 3.95. The molecule has 0 heterocycles. The molecule has 0 radical (unpaired) electrons. The van der Waals surface area contributed by atoms with Gasteiger partial charge in [0.1, 0.15) is 0 Å². The summed E-state index contributed by atoms with van der Waals surface area (Å²) in [7, 11) is 0. The molecule has 0 aliphatic heterocycles. The lowest BCUT2D eigenvalue weighted by Gasteiger charge is -2.28. The molecule has 0 spiro atoms. The summed E-state index contributed by atoms with van der Waals surface area (Å²) in [6.45, 7) is 16.3. The number of allylic oxidation sites excluding steroid dienone is 1. The molecule has 84 valence electrons. The quantitative estimate of drug-likeness (QED) is 0.616. The molecule has 14 heavy (non-hydrogen) atoms. The van der Waals surface area contributed by atoms with Crippen LogP contribution in [0, 0.1) is 17.8 Å². The van der Waals surface area contributed by atoms with Crippen molar-refractivity contribution in [2.45, 2.75) is 47.1 Å². The van der Waals surface area contributed by atoms with Gasteiger partial charge in [-0.15, -0.1) is 6.58 Å². The van der Waals surface area contributed by atoms with Crippen LogP contribution in [0.25, 0.3) is 0 Å². The van der Waals surface area contributed by atoms with Gasteiger partial charge >= 0.3 is 0 Å². The third-order valence-electron chi connectivity index (χ3n) is 3.04. The Morgan fingerprint density at radius 3 is 2.14 bits per heavy atom. The lowest BCUT2D eigenvalue weighted by Crippen LogP contribution is -2.35. The van der Waals surface area contributed by atoms with E-state index in [1.807, 2.05) is 0 Å². The highest BCUT2D eigenvalue weighted by atomic mass is 14.9. The minimum absolute atomic E-state index is 0.585. The molecule has 1 N–H and O–H groups in total. The van der Waals surface area contributed by atoms with Crippen LogP contribution in [0.5, 0.6) is 0 Å². The fourth-order valence-electron chi connectivity index (χ4n) is 1.95. The Hall–Kier alpha value is -0.300. The van der Waals surface area contributed by atoms with E-state index in [2.05, 4.69) is 52.6 Å². The van der Waals surface area contributed by atoms with Crippen LogP contribution in [-0.2, 0) is 0 Å². The van der Waals surface area contributed by atoms with Crippen molar-refractivity contribution in [2.75, 3.05) is 6.54 Å². The van der Waals surface area contributed by atoms with E-state index >= 15 is 0 Å². The molecule has 1 nitrogen and oxygen atoms in total. The van der Waals surface area contributed by atoms with Gasteiger partial charge in [-0.3, -0.25) is 0 Å². The predicted molar refractivity (Wildman–Crippen MR) is 65.4 cm³/mol. The van der Waals surface area contributed by atoms with Crippen molar-refractivity contribution in [3.8, 4) is 0 Å². The van der Waals surface area contributed by atoms with Crippen LogP contribution in [-0.4, -0.2) is 12.6 Å². The van der Waals surface area contributed by atoms with Crippen molar-refractivity contribution in [2.24, 2.45) is 17.8 Å². The standard InChI is InChI=1S/C13H27N/c1-7-13(9-10(3)4)11(5)12(6)14-8-2/h7,10-14H,1,8-9H2,2-6H3. The molecule has 0 amide bonds. The molecule has 0 aromatic carbocycles. The Morgan fingerprint density at radius 1 is 1.21 bits per heavy atom. The van der Waals surface area contributed by atoms with E-state index < -0.39 is 0 Å². The van der Waals surface area contributed by atoms with Crippen molar-refractivity contribution in [3.63, 3.8) is 0 Å². The van der Waals surface area contributed by atoms with Crippen molar-refractivity contribution in [1.29, 1.82) is 0 Å². The summed E-state index contributed by atoms with van der Waals surface area (Å²) in [4.78, 5) is 0. The zero-order valence-corrected chi connectivity index (χ0v) is 10.5. The summed E-state index contributed by atoms with van der Waals surface area (Å²) in [5.41, 5.74) is 0. The second-order valence-corrected chi connectivity index (χ2v) is 4.73. The van der Waals surface area contributed by atoms with Gasteiger partial charge in [0.05, 0.1) is 0 Å². The second-order valence-electron chi connectivity index (χ2n) is 4.73. The molecule has 0 aromatic rings. The molecular weight excluding hydrogens is 170 g/mol. The first-order valence-electron chi connectivity index (χ1n) is 5.88. The van der Waals surface area contributed by atoms with Crippen molar-refractivity contribution in [1.82, 2.24) is 5.32 Å². The summed E-state index contributed by atoms with van der Waals surface area (Å²) in [5.74, 6) is 2.08. The molecule has 0 bridgehead atoms. The van der Waals surface area contributed by atoms with Gasteiger partial charge in [0.15, 0.2) is 0 Å². The summed E-state index contributed by atoms with van der Waals surface area (Å²) >= 11 is 0. The van der Waals surface area contributed by atoms with Gasteiger partial charge in [0.2, 0.25) is 0 Å².